The molecule has 0 aliphatic rings. The largest absolute Gasteiger partial charge is 0.246 e. The summed E-state index contributed by atoms with van der Waals surface area (Å²) in [6.45, 7) is 6.24. The molecule has 0 radical (unpaired) electrons. The molecule has 0 aliphatic heterocycles. The van der Waals surface area contributed by atoms with Crippen LogP contribution in [-0.4, -0.2) is 18.3 Å². The maximum Gasteiger partial charge on any atom is 0.226 e. The van der Waals surface area contributed by atoms with E-state index in [-0.39, 0.29) is 0 Å². The van der Waals surface area contributed by atoms with Crippen molar-refractivity contribution in [3.8, 4) is 0 Å². The molecule has 4 heteroatoms. The van der Waals surface area contributed by atoms with Gasteiger partial charge < -0.3 is 0 Å². The van der Waals surface area contributed by atoms with E-state index in [0.717, 1.165) is 6.32 Å². The van der Waals surface area contributed by atoms with Gasteiger partial charge in [-0.3, -0.25) is 0 Å². The Kier molecular flexibility index (Phi) is 6.92. The van der Waals surface area contributed by atoms with Crippen molar-refractivity contribution in [2.45, 2.75) is 44.6 Å². The average Bonchev–Trinajstić information content (AvgIpc) is 3.01. The zero-order valence-corrected chi connectivity index (χ0v) is 15.4. The zero-order chi connectivity index (χ0) is 16.8. The summed E-state index contributed by atoms with van der Waals surface area (Å²) in [5.41, 5.74) is 2.69. The molecule has 2 rings (SSSR count). The number of benzene rings is 1. The number of rotatable bonds is 7. The van der Waals surface area contributed by atoms with Gasteiger partial charge in [-0.05, 0) is 40.9 Å². The lowest BCUT2D eigenvalue weighted by atomic mass is 9.41. The summed E-state index contributed by atoms with van der Waals surface area (Å²) in [4.78, 5) is 0. The van der Waals surface area contributed by atoms with E-state index in [1.165, 1.54) is 22.7 Å². The molecule has 2 atom stereocenters. The van der Waals surface area contributed by atoms with Crippen molar-refractivity contribution in [1.29, 1.82) is 0 Å². The fraction of sp³-hybridized carbons (Fsp3) is 0.368. The first-order chi connectivity index (χ1) is 11.0. The monoisotopic (exact) mass is 348 g/mol. The van der Waals surface area contributed by atoms with E-state index in [1.807, 2.05) is 12.1 Å². The van der Waals surface area contributed by atoms with Crippen LogP contribution in [0.1, 0.15) is 32.3 Å². The first kappa shape index (κ1) is 18.3. The molecular formula is C19H23BClFS. The van der Waals surface area contributed by atoms with Crippen LogP contribution in [0, 0.1) is 0 Å². The van der Waals surface area contributed by atoms with Gasteiger partial charge in [-0.1, -0.05) is 61.8 Å². The van der Waals surface area contributed by atoms with Crippen LogP contribution in [0.2, 0.25) is 6.32 Å². The molecule has 0 saturated carbocycles. The Hall–Kier alpha value is -1.06. The summed E-state index contributed by atoms with van der Waals surface area (Å²) in [5.74, 6) is 0.498. The highest BCUT2D eigenvalue weighted by atomic mass is 35.5. The van der Waals surface area contributed by atoms with Gasteiger partial charge in [-0.2, -0.15) is 11.3 Å². The molecule has 1 aromatic heterocycles. The van der Waals surface area contributed by atoms with Crippen LogP contribution in [0.15, 0.2) is 53.9 Å². The van der Waals surface area contributed by atoms with Crippen molar-refractivity contribution in [1.82, 2.24) is 0 Å². The number of thiophene rings is 1. The lowest BCUT2D eigenvalue weighted by Gasteiger charge is -2.15. The molecule has 1 heterocycles. The third-order valence-electron chi connectivity index (χ3n) is 4.00. The second kappa shape index (κ2) is 8.70. The lowest BCUT2D eigenvalue weighted by Crippen LogP contribution is -2.41. The van der Waals surface area contributed by atoms with E-state index < -0.39 is 11.5 Å². The Morgan fingerprint density at radius 2 is 1.87 bits per heavy atom. The Labute approximate surface area is 148 Å². The molecular weight excluding hydrogens is 326 g/mol. The first-order valence-electron chi connectivity index (χ1n) is 8.07. The van der Waals surface area contributed by atoms with Crippen molar-refractivity contribution < 1.29 is 4.39 Å². The minimum absolute atomic E-state index is 0.295. The third kappa shape index (κ3) is 4.96. The van der Waals surface area contributed by atoms with Crippen LogP contribution in [0.25, 0.3) is 0 Å². The van der Waals surface area contributed by atoms with E-state index in [4.69, 9.17) is 11.6 Å². The van der Waals surface area contributed by atoms with Gasteiger partial charge in [0.1, 0.15) is 6.17 Å². The highest BCUT2D eigenvalue weighted by molar-refractivity contribution is 7.24. The second-order valence-corrected chi connectivity index (χ2v) is 7.60. The number of allylic oxidation sites excluding steroid dienone is 2. The molecule has 1 aromatic carbocycles. The minimum atomic E-state index is -1.03. The van der Waals surface area contributed by atoms with Gasteiger partial charge in [0.2, 0.25) is 6.71 Å². The van der Waals surface area contributed by atoms with E-state index in [9.17, 15) is 4.39 Å². The normalized spacial score (nSPS) is 14.3. The standard InChI is InChI=1S/C19H23BClFS/c1-14(2)17-11-13-23-19(17)20(16-8-5-4-6-9-16)12-7-10-18(21)15(3)22/h4-11,13-15,18H,12H2,1-3H3. The first-order valence-corrected chi connectivity index (χ1v) is 9.39. The number of alkyl halides is 2. The SMILES string of the molecule is CC(C)c1ccsc1B(CC=CC(Cl)C(C)F)c1ccccc1. The summed E-state index contributed by atoms with van der Waals surface area (Å²) in [7, 11) is 0. The zero-order valence-electron chi connectivity index (χ0n) is 13.9. The summed E-state index contributed by atoms with van der Waals surface area (Å²) in [6.07, 6.45) is 3.61. The summed E-state index contributed by atoms with van der Waals surface area (Å²) >= 11 is 7.80. The fourth-order valence-electron chi connectivity index (χ4n) is 2.67. The third-order valence-corrected chi connectivity index (χ3v) is 5.54. The summed E-state index contributed by atoms with van der Waals surface area (Å²) in [5, 5.41) is 1.61. The van der Waals surface area contributed by atoms with E-state index in [0.29, 0.717) is 12.6 Å². The Morgan fingerprint density at radius 1 is 1.17 bits per heavy atom. The molecule has 0 bridgehead atoms. The Bertz CT molecular complexity index is 621. The molecule has 0 saturated heterocycles. The topological polar surface area (TPSA) is 0 Å². The van der Waals surface area contributed by atoms with Crippen LogP contribution < -0.4 is 10.2 Å². The van der Waals surface area contributed by atoms with Crippen LogP contribution in [0.3, 0.4) is 0 Å². The van der Waals surface area contributed by atoms with E-state index >= 15 is 0 Å². The van der Waals surface area contributed by atoms with E-state index in [2.05, 4.69) is 49.6 Å². The molecule has 0 amide bonds. The van der Waals surface area contributed by atoms with Crippen molar-refractivity contribution in [2.24, 2.45) is 0 Å². The van der Waals surface area contributed by atoms with Gasteiger partial charge in [-0.15, -0.1) is 11.6 Å². The van der Waals surface area contributed by atoms with Crippen LogP contribution >= 0.6 is 22.9 Å². The Balaban J connectivity index is 2.28. The minimum Gasteiger partial charge on any atom is -0.246 e. The molecule has 2 aromatic rings. The fourth-order valence-corrected chi connectivity index (χ4v) is 3.97. The number of hydrogen-bond donors (Lipinski definition) is 0. The van der Waals surface area contributed by atoms with Gasteiger partial charge in [0.25, 0.3) is 0 Å². The van der Waals surface area contributed by atoms with Crippen LogP contribution in [0.5, 0.6) is 0 Å². The molecule has 0 aliphatic carbocycles. The van der Waals surface area contributed by atoms with Gasteiger partial charge in [0.05, 0.1) is 5.38 Å². The van der Waals surface area contributed by atoms with Gasteiger partial charge >= 0.3 is 0 Å². The van der Waals surface area contributed by atoms with Gasteiger partial charge in [0, 0.05) is 0 Å². The maximum atomic E-state index is 13.2. The molecule has 0 N–H and O–H groups in total. The molecule has 0 nitrogen and oxygen atoms in total. The van der Waals surface area contributed by atoms with Crippen LogP contribution in [0.4, 0.5) is 4.39 Å². The average molecular weight is 349 g/mol. The highest BCUT2D eigenvalue weighted by Gasteiger charge is 2.23. The molecule has 23 heavy (non-hydrogen) atoms. The predicted octanol–water partition coefficient (Wildman–Crippen LogP) is 5.00. The van der Waals surface area contributed by atoms with Crippen molar-refractivity contribution in [3.05, 3.63) is 59.5 Å². The lowest BCUT2D eigenvalue weighted by molar-refractivity contribution is 0.369. The number of halogens is 2. The summed E-state index contributed by atoms with van der Waals surface area (Å²) in [6, 6.07) is 12.7. The van der Waals surface area contributed by atoms with E-state index in [1.54, 1.807) is 17.4 Å². The van der Waals surface area contributed by atoms with Crippen LogP contribution in [-0.2, 0) is 0 Å². The summed E-state index contributed by atoms with van der Waals surface area (Å²) < 4.78 is 14.6. The molecule has 122 valence electrons. The van der Waals surface area contributed by atoms with Crippen molar-refractivity contribution >= 4 is 39.9 Å². The maximum absolute atomic E-state index is 13.2. The predicted molar refractivity (Wildman–Crippen MR) is 104 cm³/mol. The highest BCUT2D eigenvalue weighted by Crippen LogP contribution is 2.18. The number of hydrogen-bond acceptors (Lipinski definition) is 1. The molecule has 2 unspecified atom stereocenters. The molecule has 0 spiro atoms. The quantitative estimate of drug-likeness (QED) is 0.375. The smallest absolute Gasteiger partial charge is 0.226 e. The molecule has 0 fully saturated rings. The second-order valence-electron chi connectivity index (χ2n) is 6.14. The van der Waals surface area contributed by atoms with Crippen molar-refractivity contribution in [3.63, 3.8) is 0 Å². The Morgan fingerprint density at radius 3 is 2.48 bits per heavy atom. The van der Waals surface area contributed by atoms with Gasteiger partial charge in [0.15, 0.2) is 0 Å². The van der Waals surface area contributed by atoms with Gasteiger partial charge in [-0.25, -0.2) is 4.39 Å². The van der Waals surface area contributed by atoms with Crippen molar-refractivity contribution in [2.75, 3.05) is 0 Å².